The number of nitrogens with zero attached hydrogens (tertiary/aromatic N) is 1. The number of hydrogen-bond acceptors (Lipinski definition) is 4. The molecule has 2 rings (SSSR count). The van der Waals surface area contributed by atoms with Gasteiger partial charge >= 0.3 is 5.97 Å². The van der Waals surface area contributed by atoms with E-state index in [0.29, 0.717) is 17.7 Å². The maximum Gasteiger partial charge on any atom is 0.339 e. The summed E-state index contributed by atoms with van der Waals surface area (Å²) in [6.45, 7) is 5.77. The molecule has 0 aliphatic heterocycles. The molecule has 0 N–H and O–H groups in total. The van der Waals surface area contributed by atoms with Crippen LogP contribution < -0.4 is 4.74 Å². The summed E-state index contributed by atoms with van der Waals surface area (Å²) >= 11 is 0. The van der Waals surface area contributed by atoms with Crippen LogP contribution in [0.25, 0.3) is 0 Å². The minimum absolute atomic E-state index is 0.215. The molecular weight excluding hydrogens is 314 g/mol. The Morgan fingerprint density at radius 3 is 2.36 bits per heavy atom. The molecule has 4 heteroatoms. The molecule has 0 unspecified atom stereocenters. The van der Waals surface area contributed by atoms with Crippen LogP contribution in [0.4, 0.5) is 0 Å². The number of para-hydroxylation sites is 1. The normalized spacial score (nSPS) is 12.5. The van der Waals surface area contributed by atoms with Gasteiger partial charge in [0.15, 0.2) is 0 Å². The van der Waals surface area contributed by atoms with Gasteiger partial charge in [-0.15, -0.1) is 0 Å². The summed E-state index contributed by atoms with van der Waals surface area (Å²) in [5.74, 6) is -1.04. The lowest BCUT2D eigenvalue weighted by Crippen LogP contribution is -2.23. The van der Waals surface area contributed by atoms with Gasteiger partial charge in [-0.05, 0) is 36.2 Å². The van der Waals surface area contributed by atoms with E-state index in [4.69, 9.17) is 10.00 Å². The van der Waals surface area contributed by atoms with Crippen molar-refractivity contribution in [2.24, 2.45) is 5.92 Å². The van der Waals surface area contributed by atoms with Crippen LogP contribution in [0.2, 0.25) is 0 Å². The molecule has 0 saturated carbocycles. The first-order valence-corrected chi connectivity index (χ1v) is 8.02. The van der Waals surface area contributed by atoms with Crippen molar-refractivity contribution in [2.45, 2.75) is 19.3 Å². The molecule has 126 valence electrons. The minimum Gasteiger partial charge on any atom is -0.423 e. The molecule has 0 aliphatic rings. The Kier molecular flexibility index (Phi) is 6.25. The van der Waals surface area contributed by atoms with E-state index >= 15 is 0 Å². The van der Waals surface area contributed by atoms with Gasteiger partial charge in [0.2, 0.25) is 0 Å². The van der Waals surface area contributed by atoms with E-state index in [-0.39, 0.29) is 5.57 Å². The molecule has 0 spiro atoms. The molecule has 25 heavy (non-hydrogen) atoms. The molecule has 2 atom stereocenters. The van der Waals surface area contributed by atoms with Gasteiger partial charge < -0.3 is 9.53 Å². The second kappa shape index (κ2) is 8.60. The van der Waals surface area contributed by atoms with Gasteiger partial charge in [-0.25, -0.2) is 4.79 Å². The number of carbonyl (C=O) groups is 2. The van der Waals surface area contributed by atoms with Gasteiger partial charge in [-0.1, -0.05) is 43.8 Å². The van der Waals surface area contributed by atoms with Crippen LogP contribution in [0, 0.1) is 17.2 Å². The van der Waals surface area contributed by atoms with Crippen molar-refractivity contribution in [3.63, 3.8) is 0 Å². The van der Waals surface area contributed by atoms with Crippen molar-refractivity contribution in [2.75, 3.05) is 0 Å². The quantitative estimate of drug-likeness (QED) is 0.332. The van der Waals surface area contributed by atoms with Gasteiger partial charge in [0, 0.05) is 17.4 Å². The van der Waals surface area contributed by atoms with Crippen LogP contribution in [0.3, 0.4) is 0 Å². The number of nitriles is 1. The number of aldehydes is 1. The number of benzene rings is 2. The zero-order valence-electron chi connectivity index (χ0n) is 14.0. The Morgan fingerprint density at radius 2 is 1.84 bits per heavy atom. The fraction of sp³-hybridized carbons (Fsp3) is 0.190. The molecule has 0 heterocycles. The Labute approximate surface area is 147 Å². The van der Waals surface area contributed by atoms with Gasteiger partial charge in [0.25, 0.3) is 0 Å². The van der Waals surface area contributed by atoms with E-state index in [1.54, 1.807) is 48.5 Å². The maximum absolute atomic E-state index is 12.5. The molecule has 0 fully saturated rings. The van der Waals surface area contributed by atoms with E-state index in [1.165, 1.54) is 0 Å². The van der Waals surface area contributed by atoms with E-state index in [2.05, 4.69) is 12.6 Å². The van der Waals surface area contributed by atoms with Crippen molar-refractivity contribution in [3.8, 4) is 11.8 Å². The van der Waals surface area contributed by atoms with Crippen molar-refractivity contribution in [1.82, 2.24) is 0 Å². The zero-order chi connectivity index (χ0) is 18.2. The molecule has 2 aromatic rings. The number of carbonyl (C=O) groups excluding carboxylic acids is 2. The van der Waals surface area contributed by atoms with Crippen LogP contribution in [-0.4, -0.2) is 12.3 Å². The predicted molar refractivity (Wildman–Crippen MR) is 95.0 cm³/mol. The second-order valence-electron chi connectivity index (χ2n) is 5.65. The smallest absolute Gasteiger partial charge is 0.339 e. The highest BCUT2D eigenvalue weighted by atomic mass is 16.5. The van der Waals surface area contributed by atoms with Crippen molar-refractivity contribution < 1.29 is 14.3 Å². The number of hydrogen-bond donors (Lipinski definition) is 0. The Morgan fingerprint density at radius 1 is 1.20 bits per heavy atom. The highest BCUT2D eigenvalue weighted by Gasteiger charge is 2.29. The van der Waals surface area contributed by atoms with Gasteiger partial charge in [0.1, 0.15) is 12.0 Å². The van der Waals surface area contributed by atoms with Crippen LogP contribution in [-0.2, 0) is 9.59 Å². The molecule has 0 saturated heterocycles. The summed E-state index contributed by atoms with van der Waals surface area (Å²) in [5.41, 5.74) is 1.49. The fourth-order valence-electron chi connectivity index (χ4n) is 2.67. The Bertz CT molecular complexity index is 788. The van der Waals surface area contributed by atoms with E-state index in [1.807, 2.05) is 13.0 Å². The SMILES string of the molecule is C=C(C(=O)Oc1ccccc1)[C@H](c1ccc(C#N)cc1)[C@H](C=O)CC. The lowest BCUT2D eigenvalue weighted by molar-refractivity contribution is -0.130. The van der Waals surface area contributed by atoms with Crippen molar-refractivity contribution in [3.05, 3.63) is 77.9 Å². The third-order valence-corrected chi connectivity index (χ3v) is 4.06. The molecule has 0 aliphatic carbocycles. The summed E-state index contributed by atoms with van der Waals surface area (Å²) in [6, 6.07) is 17.6. The fourth-order valence-corrected chi connectivity index (χ4v) is 2.67. The van der Waals surface area contributed by atoms with Crippen LogP contribution >= 0.6 is 0 Å². The standard InChI is InChI=1S/C21H19NO3/c1-3-17(14-23)20(18-11-9-16(13-22)10-12-18)15(2)21(24)25-19-7-5-4-6-8-19/h4-12,14,17,20H,2-3H2,1H3/t17-,20-/m0/s1. The summed E-state index contributed by atoms with van der Waals surface area (Å²) in [4.78, 5) is 24.0. The van der Waals surface area contributed by atoms with Gasteiger partial charge in [-0.3, -0.25) is 0 Å². The Hall–Kier alpha value is -3.19. The summed E-state index contributed by atoms with van der Waals surface area (Å²) in [7, 11) is 0. The summed E-state index contributed by atoms with van der Waals surface area (Å²) in [6.07, 6.45) is 1.40. The molecule has 0 radical (unpaired) electrons. The van der Waals surface area contributed by atoms with E-state index < -0.39 is 17.8 Å². The predicted octanol–water partition coefficient (Wildman–Crippen LogP) is 4.03. The monoisotopic (exact) mass is 333 g/mol. The molecule has 2 aromatic carbocycles. The third kappa shape index (κ3) is 4.42. The molecule has 0 bridgehead atoms. The van der Waals surface area contributed by atoms with E-state index in [0.717, 1.165) is 11.8 Å². The average Bonchev–Trinajstić information content (AvgIpc) is 2.66. The number of ether oxygens (including phenoxy) is 1. The number of rotatable bonds is 7. The first-order valence-electron chi connectivity index (χ1n) is 8.02. The lowest BCUT2D eigenvalue weighted by Gasteiger charge is -2.23. The van der Waals surface area contributed by atoms with Crippen molar-refractivity contribution in [1.29, 1.82) is 5.26 Å². The first kappa shape index (κ1) is 18.2. The second-order valence-corrected chi connectivity index (χ2v) is 5.65. The molecule has 0 amide bonds. The maximum atomic E-state index is 12.5. The van der Waals surface area contributed by atoms with Gasteiger partial charge in [0.05, 0.1) is 11.6 Å². The van der Waals surface area contributed by atoms with Crippen LogP contribution in [0.5, 0.6) is 5.75 Å². The van der Waals surface area contributed by atoms with E-state index in [9.17, 15) is 9.59 Å². The third-order valence-electron chi connectivity index (χ3n) is 4.06. The highest BCUT2D eigenvalue weighted by Crippen LogP contribution is 2.33. The first-order chi connectivity index (χ1) is 12.1. The Balaban J connectivity index is 2.30. The number of esters is 1. The van der Waals surface area contributed by atoms with Crippen molar-refractivity contribution >= 4 is 12.3 Å². The summed E-state index contributed by atoms with van der Waals surface area (Å²) < 4.78 is 5.36. The average molecular weight is 333 g/mol. The largest absolute Gasteiger partial charge is 0.423 e. The van der Waals surface area contributed by atoms with Gasteiger partial charge in [-0.2, -0.15) is 5.26 Å². The minimum atomic E-state index is -0.569. The highest BCUT2D eigenvalue weighted by molar-refractivity contribution is 5.92. The lowest BCUT2D eigenvalue weighted by atomic mass is 9.80. The molecular formula is C21H19NO3. The molecule has 4 nitrogen and oxygen atoms in total. The van der Waals surface area contributed by atoms with Crippen LogP contribution in [0.1, 0.15) is 30.4 Å². The molecule has 0 aromatic heterocycles. The van der Waals surface area contributed by atoms with Crippen LogP contribution in [0.15, 0.2) is 66.7 Å². The summed E-state index contributed by atoms with van der Waals surface area (Å²) in [5, 5.41) is 8.93. The zero-order valence-corrected chi connectivity index (χ0v) is 14.0. The topological polar surface area (TPSA) is 67.2 Å².